The fourth-order valence-electron chi connectivity index (χ4n) is 2.85. The highest BCUT2D eigenvalue weighted by Gasteiger charge is 2.17. The first-order chi connectivity index (χ1) is 14.6. The Balaban J connectivity index is 1.63. The molecule has 0 bridgehead atoms. The molecule has 0 saturated carbocycles. The van der Waals surface area contributed by atoms with E-state index >= 15 is 0 Å². The molecule has 3 rings (SSSR count). The van der Waals surface area contributed by atoms with Crippen LogP contribution in [0.2, 0.25) is 0 Å². The maximum absolute atomic E-state index is 12.6. The van der Waals surface area contributed by atoms with Gasteiger partial charge in [0.1, 0.15) is 5.75 Å². The van der Waals surface area contributed by atoms with Gasteiger partial charge in [-0.1, -0.05) is 23.8 Å². The van der Waals surface area contributed by atoms with E-state index < -0.39 is 16.1 Å². The van der Waals surface area contributed by atoms with Gasteiger partial charge in [-0.05, 0) is 87.4 Å². The lowest BCUT2D eigenvalue weighted by Crippen LogP contribution is -2.30. The van der Waals surface area contributed by atoms with Crippen LogP contribution < -0.4 is 14.8 Å². The Morgan fingerprint density at radius 2 is 1.45 bits per heavy atom. The first-order valence-electron chi connectivity index (χ1n) is 9.88. The van der Waals surface area contributed by atoms with Crippen LogP contribution in [0.1, 0.15) is 23.6 Å². The van der Waals surface area contributed by atoms with E-state index in [1.165, 1.54) is 12.1 Å². The van der Waals surface area contributed by atoms with Crippen molar-refractivity contribution in [2.75, 3.05) is 10.0 Å². The van der Waals surface area contributed by atoms with Gasteiger partial charge in [-0.25, -0.2) is 8.42 Å². The molecular formula is C24H26N2O4S. The lowest BCUT2D eigenvalue weighted by Gasteiger charge is -2.15. The van der Waals surface area contributed by atoms with E-state index in [0.717, 1.165) is 16.7 Å². The largest absolute Gasteiger partial charge is 0.481 e. The molecular weight excluding hydrogens is 412 g/mol. The molecule has 0 saturated heterocycles. The zero-order valence-electron chi connectivity index (χ0n) is 18.0. The van der Waals surface area contributed by atoms with Gasteiger partial charge >= 0.3 is 0 Å². The zero-order chi connectivity index (χ0) is 22.6. The van der Waals surface area contributed by atoms with Crippen LogP contribution >= 0.6 is 0 Å². The standard InChI is InChI=1S/C24H26N2O4S/c1-16-5-11-22(12-6-16)30-19(4)24(27)25-20-9-13-23(14-10-20)31(28,29)26-21-8-7-17(2)18(3)15-21/h5-15,19,26H,1-4H3,(H,25,27)/t19-/m1/s1. The van der Waals surface area contributed by atoms with Gasteiger partial charge in [-0.15, -0.1) is 0 Å². The van der Waals surface area contributed by atoms with Gasteiger partial charge in [0.15, 0.2) is 6.10 Å². The Kier molecular flexibility index (Phi) is 6.65. The van der Waals surface area contributed by atoms with Crippen LogP contribution in [0.3, 0.4) is 0 Å². The van der Waals surface area contributed by atoms with Crippen molar-refractivity contribution in [3.05, 3.63) is 83.4 Å². The number of carbonyl (C=O) groups excluding carboxylic acids is 1. The molecule has 3 aromatic rings. The zero-order valence-corrected chi connectivity index (χ0v) is 18.8. The number of ether oxygens (including phenoxy) is 1. The highest BCUT2D eigenvalue weighted by molar-refractivity contribution is 7.92. The second-order valence-corrected chi connectivity index (χ2v) is 9.17. The van der Waals surface area contributed by atoms with Crippen LogP contribution in [0.4, 0.5) is 11.4 Å². The minimum Gasteiger partial charge on any atom is -0.481 e. The van der Waals surface area contributed by atoms with Gasteiger partial charge in [-0.3, -0.25) is 9.52 Å². The molecule has 7 heteroatoms. The van der Waals surface area contributed by atoms with Crippen LogP contribution in [-0.2, 0) is 14.8 Å². The Bertz CT molecular complexity index is 1170. The first-order valence-corrected chi connectivity index (χ1v) is 11.4. The number of nitrogens with one attached hydrogen (secondary N) is 2. The van der Waals surface area contributed by atoms with Crippen molar-refractivity contribution in [1.82, 2.24) is 0 Å². The van der Waals surface area contributed by atoms with E-state index in [-0.39, 0.29) is 10.8 Å². The number of aryl methyl sites for hydroxylation is 3. The monoisotopic (exact) mass is 438 g/mol. The van der Waals surface area contributed by atoms with Crippen molar-refractivity contribution >= 4 is 27.3 Å². The molecule has 162 valence electrons. The quantitative estimate of drug-likeness (QED) is 0.554. The van der Waals surface area contributed by atoms with Crippen LogP contribution in [0.25, 0.3) is 0 Å². The van der Waals surface area contributed by atoms with Crippen molar-refractivity contribution in [2.24, 2.45) is 0 Å². The molecule has 1 atom stereocenters. The topological polar surface area (TPSA) is 84.5 Å². The molecule has 1 amide bonds. The minimum atomic E-state index is -3.74. The molecule has 0 heterocycles. The number of hydrogen-bond acceptors (Lipinski definition) is 4. The summed E-state index contributed by atoms with van der Waals surface area (Å²) in [5.74, 6) is 0.275. The van der Waals surface area contributed by atoms with Gasteiger partial charge in [0, 0.05) is 11.4 Å². The number of benzene rings is 3. The Labute approximate surface area is 183 Å². The van der Waals surface area contributed by atoms with E-state index in [1.807, 2.05) is 39.0 Å². The molecule has 6 nitrogen and oxygen atoms in total. The summed E-state index contributed by atoms with van der Waals surface area (Å²) in [6.45, 7) is 7.52. The van der Waals surface area contributed by atoms with E-state index in [1.54, 1.807) is 43.3 Å². The fourth-order valence-corrected chi connectivity index (χ4v) is 3.90. The molecule has 0 aliphatic heterocycles. The van der Waals surface area contributed by atoms with Crippen LogP contribution in [0, 0.1) is 20.8 Å². The summed E-state index contributed by atoms with van der Waals surface area (Å²) in [5.41, 5.74) is 4.17. The second kappa shape index (κ2) is 9.22. The molecule has 0 aliphatic carbocycles. The lowest BCUT2D eigenvalue weighted by atomic mass is 10.1. The molecule has 31 heavy (non-hydrogen) atoms. The highest BCUT2D eigenvalue weighted by atomic mass is 32.2. The molecule has 0 fully saturated rings. The number of carbonyl (C=O) groups is 1. The van der Waals surface area contributed by atoms with Crippen LogP contribution in [-0.4, -0.2) is 20.4 Å². The van der Waals surface area contributed by atoms with Crippen LogP contribution in [0.15, 0.2) is 71.6 Å². The normalized spacial score (nSPS) is 12.1. The van der Waals surface area contributed by atoms with Crippen LogP contribution in [0.5, 0.6) is 5.75 Å². The summed E-state index contributed by atoms with van der Waals surface area (Å²) in [6.07, 6.45) is -0.711. The highest BCUT2D eigenvalue weighted by Crippen LogP contribution is 2.21. The third-order valence-corrected chi connectivity index (χ3v) is 6.29. The van der Waals surface area contributed by atoms with Crippen molar-refractivity contribution in [2.45, 2.75) is 38.7 Å². The van der Waals surface area contributed by atoms with Gasteiger partial charge in [0.25, 0.3) is 15.9 Å². The smallest absolute Gasteiger partial charge is 0.265 e. The number of anilines is 2. The average Bonchev–Trinajstić information content (AvgIpc) is 2.72. The van der Waals surface area contributed by atoms with E-state index in [0.29, 0.717) is 17.1 Å². The molecule has 0 spiro atoms. The van der Waals surface area contributed by atoms with Crippen molar-refractivity contribution < 1.29 is 17.9 Å². The van der Waals surface area contributed by atoms with E-state index in [9.17, 15) is 13.2 Å². The minimum absolute atomic E-state index is 0.104. The van der Waals surface area contributed by atoms with Gasteiger partial charge in [0.05, 0.1) is 4.90 Å². The molecule has 0 radical (unpaired) electrons. The average molecular weight is 439 g/mol. The van der Waals surface area contributed by atoms with E-state index in [4.69, 9.17) is 4.74 Å². The molecule has 0 aromatic heterocycles. The molecule has 0 unspecified atom stereocenters. The second-order valence-electron chi connectivity index (χ2n) is 7.49. The summed E-state index contributed by atoms with van der Waals surface area (Å²) in [6, 6.07) is 18.8. The molecule has 0 aliphatic rings. The Morgan fingerprint density at radius 3 is 2.06 bits per heavy atom. The third-order valence-electron chi connectivity index (χ3n) is 4.89. The van der Waals surface area contributed by atoms with Crippen molar-refractivity contribution in [3.8, 4) is 5.75 Å². The Hall–Kier alpha value is -3.32. The number of rotatable bonds is 7. The van der Waals surface area contributed by atoms with Gasteiger partial charge < -0.3 is 10.1 Å². The third kappa shape index (κ3) is 5.86. The molecule has 2 N–H and O–H groups in total. The predicted molar refractivity (Wildman–Crippen MR) is 123 cm³/mol. The fraction of sp³-hybridized carbons (Fsp3) is 0.208. The lowest BCUT2D eigenvalue weighted by molar-refractivity contribution is -0.122. The first kappa shape index (κ1) is 22.4. The molecule has 3 aromatic carbocycles. The SMILES string of the molecule is Cc1ccc(O[C@H](C)C(=O)Nc2ccc(S(=O)(=O)Nc3ccc(C)c(C)c3)cc2)cc1. The van der Waals surface area contributed by atoms with Gasteiger partial charge in [0.2, 0.25) is 0 Å². The Morgan fingerprint density at radius 1 is 0.839 bits per heavy atom. The maximum Gasteiger partial charge on any atom is 0.265 e. The maximum atomic E-state index is 12.6. The summed E-state index contributed by atoms with van der Waals surface area (Å²) in [4.78, 5) is 12.5. The van der Waals surface area contributed by atoms with E-state index in [2.05, 4.69) is 10.0 Å². The van der Waals surface area contributed by atoms with Crippen molar-refractivity contribution in [3.63, 3.8) is 0 Å². The predicted octanol–water partition coefficient (Wildman–Crippen LogP) is 4.82. The summed E-state index contributed by atoms with van der Waals surface area (Å²) >= 11 is 0. The summed E-state index contributed by atoms with van der Waals surface area (Å²) in [5, 5.41) is 2.74. The summed E-state index contributed by atoms with van der Waals surface area (Å²) < 4.78 is 33.5. The number of amides is 1. The van der Waals surface area contributed by atoms with Crippen molar-refractivity contribution in [1.29, 1.82) is 0 Å². The van der Waals surface area contributed by atoms with Gasteiger partial charge in [-0.2, -0.15) is 0 Å². The summed E-state index contributed by atoms with van der Waals surface area (Å²) in [7, 11) is -3.74. The number of sulfonamides is 1. The number of hydrogen-bond donors (Lipinski definition) is 2.